The SMILES string of the molecule is NC(=O)OC1CCNCC1. The van der Waals surface area contributed by atoms with E-state index in [1.54, 1.807) is 0 Å². The van der Waals surface area contributed by atoms with Crippen LogP contribution in [-0.2, 0) is 4.74 Å². The van der Waals surface area contributed by atoms with Gasteiger partial charge in [0.2, 0.25) is 0 Å². The van der Waals surface area contributed by atoms with Crippen molar-refractivity contribution in [2.24, 2.45) is 5.73 Å². The number of nitrogens with one attached hydrogen (secondary N) is 1. The zero-order valence-corrected chi connectivity index (χ0v) is 5.80. The van der Waals surface area contributed by atoms with Crippen molar-refractivity contribution in [3.8, 4) is 0 Å². The van der Waals surface area contributed by atoms with Crippen LogP contribution in [0.4, 0.5) is 4.79 Å². The quantitative estimate of drug-likeness (QED) is 0.537. The highest BCUT2D eigenvalue weighted by atomic mass is 16.6. The summed E-state index contributed by atoms with van der Waals surface area (Å²) >= 11 is 0. The molecule has 58 valence electrons. The highest BCUT2D eigenvalue weighted by Gasteiger charge is 2.14. The molecule has 1 saturated heterocycles. The largest absolute Gasteiger partial charge is 0.446 e. The van der Waals surface area contributed by atoms with Gasteiger partial charge in [-0.1, -0.05) is 0 Å². The summed E-state index contributed by atoms with van der Waals surface area (Å²) in [5.74, 6) is 0. The van der Waals surface area contributed by atoms with Gasteiger partial charge in [0, 0.05) is 0 Å². The van der Waals surface area contributed by atoms with Crippen molar-refractivity contribution in [3.05, 3.63) is 0 Å². The topological polar surface area (TPSA) is 64.4 Å². The summed E-state index contributed by atoms with van der Waals surface area (Å²) in [7, 11) is 0. The molecule has 3 N–H and O–H groups in total. The molecule has 1 heterocycles. The van der Waals surface area contributed by atoms with Crippen LogP contribution in [0.1, 0.15) is 12.8 Å². The second kappa shape index (κ2) is 3.41. The minimum atomic E-state index is -0.660. The molecule has 0 bridgehead atoms. The predicted octanol–water partition coefficient (Wildman–Crippen LogP) is -0.166. The Hall–Kier alpha value is -0.770. The molecule has 1 amide bonds. The summed E-state index contributed by atoms with van der Waals surface area (Å²) in [6.45, 7) is 1.83. The molecule has 0 aromatic rings. The molecular weight excluding hydrogens is 132 g/mol. The zero-order chi connectivity index (χ0) is 7.40. The Kier molecular flexibility index (Phi) is 2.50. The van der Waals surface area contributed by atoms with Crippen molar-refractivity contribution >= 4 is 6.09 Å². The Labute approximate surface area is 59.7 Å². The molecular formula is C6H12N2O2. The van der Waals surface area contributed by atoms with Gasteiger partial charge in [0.1, 0.15) is 6.10 Å². The lowest BCUT2D eigenvalue weighted by atomic mass is 10.1. The monoisotopic (exact) mass is 144 g/mol. The Morgan fingerprint density at radius 3 is 2.60 bits per heavy atom. The van der Waals surface area contributed by atoms with Crippen LogP contribution in [0.15, 0.2) is 0 Å². The van der Waals surface area contributed by atoms with Crippen LogP contribution in [-0.4, -0.2) is 25.3 Å². The summed E-state index contributed by atoms with van der Waals surface area (Å²) in [6.07, 6.45) is 1.14. The van der Waals surface area contributed by atoms with Gasteiger partial charge in [0.25, 0.3) is 0 Å². The summed E-state index contributed by atoms with van der Waals surface area (Å²) in [5.41, 5.74) is 4.84. The fraction of sp³-hybridized carbons (Fsp3) is 0.833. The van der Waals surface area contributed by atoms with Crippen LogP contribution in [0.25, 0.3) is 0 Å². The van der Waals surface area contributed by atoms with Crippen LogP contribution in [0.2, 0.25) is 0 Å². The standard InChI is InChI=1S/C6H12N2O2/c7-6(9)10-5-1-3-8-4-2-5/h5,8H,1-4H2,(H2,7,9). The smallest absolute Gasteiger partial charge is 0.404 e. The molecule has 0 aliphatic carbocycles. The molecule has 4 heteroatoms. The Bertz CT molecular complexity index is 121. The minimum absolute atomic E-state index is 0.0405. The number of piperidine rings is 1. The molecule has 1 rings (SSSR count). The van der Waals surface area contributed by atoms with E-state index >= 15 is 0 Å². The molecule has 1 fully saturated rings. The molecule has 1 aliphatic heterocycles. The third-order valence-corrected chi connectivity index (χ3v) is 1.57. The second-order valence-electron chi connectivity index (χ2n) is 2.39. The van der Waals surface area contributed by atoms with E-state index < -0.39 is 6.09 Å². The van der Waals surface area contributed by atoms with Gasteiger partial charge in [-0.2, -0.15) is 0 Å². The van der Waals surface area contributed by atoms with E-state index in [9.17, 15) is 4.79 Å². The van der Waals surface area contributed by atoms with Crippen LogP contribution in [0.3, 0.4) is 0 Å². The van der Waals surface area contributed by atoms with E-state index in [4.69, 9.17) is 10.5 Å². The Balaban J connectivity index is 2.19. The predicted molar refractivity (Wildman–Crippen MR) is 36.6 cm³/mol. The fourth-order valence-corrected chi connectivity index (χ4v) is 1.08. The number of hydrogen-bond donors (Lipinski definition) is 2. The first-order valence-electron chi connectivity index (χ1n) is 3.46. The van der Waals surface area contributed by atoms with Gasteiger partial charge < -0.3 is 15.8 Å². The summed E-state index contributed by atoms with van der Waals surface area (Å²) in [6, 6.07) is 0. The highest BCUT2D eigenvalue weighted by molar-refractivity contribution is 5.64. The van der Waals surface area contributed by atoms with Gasteiger partial charge in [-0.05, 0) is 25.9 Å². The molecule has 0 atom stereocenters. The summed E-state index contributed by atoms with van der Waals surface area (Å²) < 4.78 is 4.79. The molecule has 0 aromatic carbocycles. The Morgan fingerprint density at radius 2 is 2.10 bits per heavy atom. The number of primary amides is 1. The molecule has 0 aromatic heterocycles. The number of nitrogens with two attached hydrogens (primary N) is 1. The van der Waals surface area contributed by atoms with Gasteiger partial charge in [-0.15, -0.1) is 0 Å². The summed E-state index contributed by atoms with van der Waals surface area (Å²) in [4.78, 5) is 10.2. The molecule has 0 spiro atoms. The Morgan fingerprint density at radius 1 is 1.50 bits per heavy atom. The van der Waals surface area contributed by atoms with Gasteiger partial charge in [0.05, 0.1) is 0 Å². The van der Waals surface area contributed by atoms with Crippen molar-refractivity contribution in [1.29, 1.82) is 0 Å². The zero-order valence-electron chi connectivity index (χ0n) is 5.80. The van der Waals surface area contributed by atoms with Crippen molar-refractivity contribution in [2.45, 2.75) is 18.9 Å². The number of hydrogen-bond acceptors (Lipinski definition) is 3. The second-order valence-corrected chi connectivity index (χ2v) is 2.39. The first-order chi connectivity index (χ1) is 4.79. The maximum atomic E-state index is 10.2. The first kappa shape index (κ1) is 7.34. The average Bonchev–Trinajstić information content (AvgIpc) is 1.88. The van der Waals surface area contributed by atoms with Crippen molar-refractivity contribution < 1.29 is 9.53 Å². The molecule has 0 radical (unpaired) electrons. The maximum Gasteiger partial charge on any atom is 0.404 e. The highest BCUT2D eigenvalue weighted by Crippen LogP contribution is 2.05. The number of amides is 1. The lowest BCUT2D eigenvalue weighted by Crippen LogP contribution is -2.34. The van der Waals surface area contributed by atoms with Crippen LogP contribution in [0, 0.1) is 0 Å². The van der Waals surface area contributed by atoms with Crippen molar-refractivity contribution in [3.63, 3.8) is 0 Å². The van der Waals surface area contributed by atoms with Crippen molar-refractivity contribution in [2.75, 3.05) is 13.1 Å². The van der Waals surface area contributed by atoms with E-state index in [-0.39, 0.29) is 6.10 Å². The lowest BCUT2D eigenvalue weighted by Gasteiger charge is -2.21. The molecule has 10 heavy (non-hydrogen) atoms. The van der Waals surface area contributed by atoms with E-state index in [1.165, 1.54) is 0 Å². The summed E-state index contributed by atoms with van der Waals surface area (Å²) in [5, 5.41) is 3.16. The third kappa shape index (κ3) is 2.23. The number of ether oxygens (including phenoxy) is 1. The molecule has 0 unspecified atom stereocenters. The number of carbonyl (C=O) groups excluding carboxylic acids is 1. The van der Waals surface area contributed by atoms with Gasteiger partial charge >= 0.3 is 6.09 Å². The fourth-order valence-electron chi connectivity index (χ4n) is 1.08. The molecule has 1 aliphatic rings. The molecule has 0 saturated carbocycles. The number of rotatable bonds is 1. The first-order valence-corrected chi connectivity index (χ1v) is 3.46. The van der Waals surface area contributed by atoms with Crippen LogP contribution >= 0.6 is 0 Å². The van der Waals surface area contributed by atoms with E-state index in [0.29, 0.717) is 0 Å². The third-order valence-electron chi connectivity index (χ3n) is 1.57. The van der Waals surface area contributed by atoms with Gasteiger partial charge in [-0.3, -0.25) is 0 Å². The average molecular weight is 144 g/mol. The van der Waals surface area contributed by atoms with E-state index in [2.05, 4.69) is 5.32 Å². The van der Waals surface area contributed by atoms with E-state index in [1.807, 2.05) is 0 Å². The van der Waals surface area contributed by atoms with Gasteiger partial charge in [0.15, 0.2) is 0 Å². The maximum absolute atomic E-state index is 10.2. The number of carbonyl (C=O) groups is 1. The minimum Gasteiger partial charge on any atom is -0.446 e. The van der Waals surface area contributed by atoms with Crippen LogP contribution < -0.4 is 11.1 Å². The van der Waals surface area contributed by atoms with Gasteiger partial charge in [-0.25, -0.2) is 4.79 Å². The normalized spacial score (nSPS) is 20.4. The lowest BCUT2D eigenvalue weighted by molar-refractivity contribution is 0.0872. The van der Waals surface area contributed by atoms with Crippen LogP contribution in [0.5, 0.6) is 0 Å². The molecule has 4 nitrogen and oxygen atoms in total. The van der Waals surface area contributed by atoms with Crippen molar-refractivity contribution in [1.82, 2.24) is 5.32 Å². The van der Waals surface area contributed by atoms with E-state index in [0.717, 1.165) is 25.9 Å².